The van der Waals surface area contributed by atoms with Gasteiger partial charge in [-0.1, -0.05) is 62.4 Å². The maximum absolute atomic E-state index is 12.7. The molecule has 2 aromatic rings. The normalized spacial score (nSPS) is 31.7. The van der Waals surface area contributed by atoms with Gasteiger partial charge in [0.05, 0.1) is 18.3 Å². The molecule has 6 atom stereocenters. The molecule has 2 aliphatic rings. The summed E-state index contributed by atoms with van der Waals surface area (Å²) < 4.78 is 24.4. The van der Waals surface area contributed by atoms with Gasteiger partial charge in [0.15, 0.2) is 6.29 Å². The van der Waals surface area contributed by atoms with Gasteiger partial charge in [0.2, 0.25) is 0 Å². The number of thioether (sulfide) groups is 1. The lowest BCUT2D eigenvalue weighted by atomic mass is 9.90. The van der Waals surface area contributed by atoms with E-state index in [2.05, 4.69) is 13.8 Å². The topological polar surface area (TPSA) is 54.0 Å². The van der Waals surface area contributed by atoms with Gasteiger partial charge in [0.25, 0.3) is 0 Å². The predicted octanol–water partition coefficient (Wildman–Crippen LogP) is 4.44. The number of esters is 1. The second kappa shape index (κ2) is 9.30. The Bertz CT molecular complexity index is 799. The summed E-state index contributed by atoms with van der Waals surface area (Å²) in [5, 5.41) is 0. The molecule has 6 heteroatoms. The van der Waals surface area contributed by atoms with Crippen molar-refractivity contribution in [3.05, 3.63) is 71.8 Å². The number of carbonyl (C=O) groups is 1. The SMILES string of the molecule is CCSC1OC2COC(c3ccccc3)O[C@H]2[C@H](C)[C@@H]1OC(=O)c1ccccc1. The maximum atomic E-state index is 12.7. The molecule has 0 N–H and O–H groups in total. The van der Waals surface area contributed by atoms with E-state index in [0.717, 1.165) is 11.3 Å². The van der Waals surface area contributed by atoms with Crippen molar-refractivity contribution in [1.82, 2.24) is 0 Å². The summed E-state index contributed by atoms with van der Waals surface area (Å²) in [5.74, 6) is 0.501. The summed E-state index contributed by atoms with van der Waals surface area (Å²) in [6.45, 7) is 4.59. The first-order valence-corrected chi connectivity index (χ1v) is 11.1. The minimum atomic E-state index is -0.440. The summed E-state index contributed by atoms with van der Waals surface area (Å²) in [6.07, 6.45) is -1.23. The van der Waals surface area contributed by atoms with E-state index in [1.165, 1.54) is 0 Å². The van der Waals surface area contributed by atoms with Crippen LogP contribution in [0.4, 0.5) is 0 Å². The van der Waals surface area contributed by atoms with Crippen LogP contribution in [0.2, 0.25) is 0 Å². The van der Waals surface area contributed by atoms with Gasteiger partial charge in [-0.25, -0.2) is 4.79 Å². The lowest BCUT2D eigenvalue weighted by Gasteiger charge is -2.48. The monoisotopic (exact) mass is 414 g/mol. The molecule has 2 saturated heterocycles. The van der Waals surface area contributed by atoms with Crippen LogP contribution in [-0.4, -0.2) is 42.1 Å². The molecular weight excluding hydrogens is 388 g/mol. The number of hydrogen-bond acceptors (Lipinski definition) is 6. The largest absolute Gasteiger partial charge is 0.455 e. The van der Waals surface area contributed by atoms with E-state index in [1.54, 1.807) is 23.9 Å². The Morgan fingerprint density at radius 2 is 1.76 bits per heavy atom. The van der Waals surface area contributed by atoms with Crippen LogP contribution in [-0.2, 0) is 18.9 Å². The number of hydrogen-bond donors (Lipinski definition) is 0. The van der Waals surface area contributed by atoms with Gasteiger partial charge in [0, 0.05) is 11.5 Å². The zero-order valence-electron chi connectivity index (χ0n) is 16.6. The Kier molecular flexibility index (Phi) is 6.55. The van der Waals surface area contributed by atoms with Crippen LogP contribution in [0.3, 0.4) is 0 Å². The van der Waals surface area contributed by atoms with Crippen molar-refractivity contribution in [3.63, 3.8) is 0 Å². The Labute approximate surface area is 175 Å². The van der Waals surface area contributed by atoms with Crippen molar-refractivity contribution >= 4 is 17.7 Å². The minimum Gasteiger partial charge on any atom is -0.455 e. The van der Waals surface area contributed by atoms with Crippen LogP contribution in [0.5, 0.6) is 0 Å². The molecule has 0 amide bonds. The molecule has 3 unspecified atom stereocenters. The molecule has 2 heterocycles. The lowest BCUT2D eigenvalue weighted by Crippen LogP contribution is -2.58. The van der Waals surface area contributed by atoms with Crippen LogP contribution < -0.4 is 0 Å². The molecule has 2 aliphatic heterocycles. The lowest BCUT2D eigenvalue weighted by molar-refractivity contribution is -0.306. The van der Waals surface area contributed by atoms with Crippen molar-refractivity contribution in [2.75, 3.05) is 12.4 Å². The molecule has 0 aromatic heterocycles. The molecule has 5 nitrogen and oxygen atoms in total. The van der Waals surface area contributed by atoms with Gasteiger partial charge in [-0.3, -0.25) is 0 Å². The van der Waals surface area contributed by atoms with Crippen LogP contribution in [0.1, 0.15) is 36.1 Å². The number of rotatable bonds is 5. The number of ether oxygens (including phenoxy) is 4. The maximum Gasteiger partial charge on any atom is 0.338 e. The minimum absolute atomic E-state index is 0.0272. The van der Waals surface area contributed by atoms with Gasteiger partial charge in [0.1, 0.15) is 17.6 Å². The number of carbonyl (C=O) groups excluding carboxylic acids is 1. The first-order valence-electron chi connectivity index (χ1n) is 10.0. The summed E-state index contributed by atoms with van der Waals surface area (Å²) in [4.78, 5) is 12.7. The first-order chi connectivity index (χ1) is 14.2. The fraction of sp³-hybridized carbons (Fsp3) is 0.435. The molecule has 0 bridgehead atoms. The molecule has 154 valence electrons. The summed E-state index contributed by atoms with van der Waals surface area (Å²) in [5.41, 5.74) is 1.27. The summed E-state index contributed by atoms with van der Waals surface area (Å²) >= 11 is 1.64. The average molecular weight is 415 g/mol. The van der Waals surface area contributed by atoms with Crippen LogP contribution in [0, 0.1) is 5.92 Å². The molecule has 0 spiro atoms. The van der Waals surface area contributed by atoms with Crippen LogP contribution in [0.25, 0.3) is 0 Å². The van der Waals surface area contributed by atoms with E-state index >= 15 is 0 Å². The molecule has 0 saturated carbocycles. The van der Waals surface area contributed by atoms with E-state index < -0.39 is 12.4 Å². The molecule has 0 radical (unpaired) electrons. The van der Waals surface area contributed by atoms with E-state index in [4.69, 9.17) is 18.9 Å². The third-order valence-corrected chi connectivity index (χ3v) is 6.37. The quantitative estimate of drug-likeness (QED) is 0.674. The molecule has 2 aromatic carbocycles. The second-order valence-corrected chi connectivity index (χ2v) is 8.65. The summed E-state index contributed by atoms with van der Waals surface area (Å²) in [7, 11) is 0. The molecule has 4 rings (SSSR count). The van der Waals surface area contributed by atoms with Gasteiger partial charge >= 0.3 is 5.97 Å². The van der Waals surface area contributed by atoms with Crippen molar-refractivity contribution in [2.45, 2.75) is 43.9 Å². The van der Waals surface area contributed by atoms with Crippen molar-refractivity contribution < 1.29 is 23.7 Å². The van der Waals surface area contributed by atoms with Gasteiger partial charge in [-0.05, 0) is 17.9 Å². The van der Waals surface area contributed by atoms with Gasteiger partial charge in [-0.2, -0.15) is 0 Å². The third kappa shape index (κ3) is 4.51. The fourth-order valence-corrected chi connectivity index (χ4v) is 4.87. The van der Waals surface area contributed by atoms with E-state index in [0.29, 0.717) is 12.2 Å². The molecule has 2 fully saturated rings. The zero-order chi connectivity index (χ0) is 20.2. The molecule has 0 aliphatic carbocycles. The molecule has 29 heavy (non-hydrogen) atoms. The summed E-state index contributed by atoms with van der Waals surface area (Å²) in [6, 6.07) is 18.9. The second-order valence-electron chi connectivity index (χ2n) is 7.27. The first kappa shape index (κ1) is 20.4. The number of fused-ring (bicyclic) bond motifs is 1. The van der Waals surface area contributed by atoms with Crippen LogP contribution >= 0.6 is 11.8 Å². The van der Waals surface area contributed by atoms with E-state index in [-0.39, 0.29) is 29.5 Å². The number of benzene rings is 2. The van der Waals surface area contributed by atoms with E-state index in [9.17, 15) is 4.79 Å². The van der Waals surface area contributed by atoms with Crippen molar-refractivity contribution in [2.24, 2.45) is 5.92 Å². The highest BCUT2D eigenvalue weighted by atomic mass is 32.2. The Morgan fingerprint density at radius 1 is 1.07 bits per heavy atom. The van der Waals surface area contributed by atoms with Crippen LogP contribution in [0.15, 0.2) is 60.7 Å². The van der Waals surface area contributed by atoms with Gasteiger partial charge < -0.3 is 18.9 Å². The smallest absolute Gasteiger partial charge is 0.338 e. The van der Waals surface area contributed by atoms with Crippen molar-refractivity contribution in [3.8, 4) is 0 Å². The van der Waals surface area contributed by atoms with E-state index in [1.807, 2.05) is 48.5 Å². The van der Waals surface area contributed by atoms with Gasteiger partial charge in [-0.15, -0.1) is 11.8 Å². The molecular formula is C23H26O5S. The standard InChI is InChI=1S/C23H26O5S/c1-3-29-23-20(27-21(24)16-10-6-4-7-11-16)15(2)19-18(26-23)14-25-22(28-19)17-12-8-5-9-13-17/h4-13,15,18-20,22-23H,3,14H2,1-2H3/t15-,18?,19-,20-,22?,23?/m0/s1. The Hall–Kier alpha value is -1.86. The fourth-order valence-electron chi connectivity index (χ4n) is 3.82. The average Bonchev–Trinajstić information content (AvgIpc) is 2.77. The predicted molar refractivity (Wildman–Crippen MR) is 112 cm³/mol. The zero-order valence-corrected chi connectivity index (χ0v) is 17.4. The highest BCUT2D eigenvalue weighted by molar-refractivity contribution is 7.99. The third-order valence-electron chi connectivity index (χ3n) is 5.33. The highest BCUT2D eigenvalue weighted by Crippen LogP contribution is 2.40. The Balaban J connectivity index is 1.51. The Morgan fingerprint density at radius 3 is 2.45 bits per heavy atom. The van der Waals surface area contributed by atoms with Crippen molar-refractivity contribution in [1.29, 1.82) is 0 Å². The highest BCUT2D eigenvalue weighted by Gasteiger charge is 2.49.